The number of carbonyl (C=O) groups is 1. The molecule has 3 rings (SSSR count). The second kappa shape index (κ2) is 7.74. The molecule has 1 heterocycles. The first-order valence-electron chi connectivity index (χ1n) is 8.24. The van der Waals surface area contributed by atoms with E-state index in [1.54, 1.807) is 30.5 Å². The van der Waals surface area contributed by atoms with Crippen molar-refractivity contribution in [1.82, 2.24) is 9.97 Å². The third kappa shape index (κ3) is 4.22. The van der Waals surface area contributed by atoms with Crippen molar-refractivity contribution in [2.24, 2.45) is 0 Å². The highest BCUT2D eigenvalue weighted by Gasteiger charge is 2.11. The maximum atomic E-state index is 13.1. The molecule has 0 aliphatic heterocycles. The average Bonchev–Trinajstić information content (AvgIpc) is 2.64. The number of phenolic OH excluding ortho intramolecular Hbond substituents is 1. The van der Waals surface area contributed by atoms with E-state index in [-0.39, 0.29) is 23.9 Å². The minimum Gasteiger partial charge on any atom is -0.508 e. The Bertz CT molecular complexity index is 909. The fraction of sp³-hybridized carbons (Fsp3) is 0.150. The van der Waals surface area contributed by atoms with Gasteiger partial charge in [0.1, 0.15) is 11.6 Å². The lowest BCUT2D eigenvalue weighted by atomic mass is 10.1. The van der Waals surface area contributed by atoms with E-state index in [2.05, 4.69) is 15.3 Å². The number of rotatable bonds is 5. The van der Waals surface area contributed by atoms with Crippen molar-refractivity contribution < 1.29 is 14.3 Å². The van der Waals surface area contributed by atoms with Crippen LogP contribution in [0.4, 0.5) is 10.2 Å². The number of aromatic hydroxyl groups is 1. The van der Waals surface area contributed by atoms with E-state index in [0.717, 1.165) is 11.1 Å². The highest BCUT2D eigenvalue weighted by molar-refractivity contribution is 5.92. The van der Waals surface area contributed by atoms with Crippen LogP contribution >= 0.6 is 0 Å². The summed E-state index contributed by atoms with van der Waals surface area (Å²) in [5.41, 5.74) is 2.83. The van der Waals surface area contributed by atoms with E-state index in [1.165, 1.54) is 24.3 Å². The number of phenols is 1. The second-order valence-electron chi connectivity index (χ2n) is 5.80. The third-order valence-corrected chi connectivity index (χ3v) is 3.88. The van der Waals surface area contributed by atoms with Gasteiger partial charge < -0.3 is 10.4 Å². The normalized spacial score (nSPS) is 10.5. The first-order chi connectivity index (χ1) is 12.5. The summed E-state index contributed by atoms with van der Waals surface area (Å²) in [6.07, 6.45) is 2.32. The predicted molar refractivity (Wildman–Crippen MR) is 97.2 cm³/mol. The molecule has 0 aliphatic rings. The molecule has 6 heteroatoms. The zero-order valence-electron chi connectivity index (χ0n) is 14.2. The molecule has 0 saturated heterocycles. The van der Waals surface area contributed by atoms with Gasteiger partial charge in [-0.15, -0.1) is 0 Å². The molecular weight excluding hydrogens is 333 g/mol. The molecule has 0 bridgehead atoms. The molecule has 5 nitrogen and oxygen atoms in total. The lowest BCUT2D eigenvalue weighted by Crippen LogP contribution is -2.17. The van der Waals surface area contributed by atoms with E-state index in [0.29, 0.717) is 23.6 Å². The van der Waals surface area contributed by atoms with E-state index in [4.69, 9.17) is 0 Å². The summed E-state index contributed by atoms with van der Waals surface area (Å²) in [5, 5.41) is 12.1. The van der Waals surface area contributed by atoms with Crippen LogP contribution in [-0.2, 0) is 17.6 Å². The minimum absolute atomic E-state index is 0.157. The molecule has 0 radical (unpaired) electrons. The van der Waals surface area contributed by atoms with Crippen molar-refractivity contribution in [2.75, 3.05) is 5.32 Å². The Labute approximate surface area is 150 Å². The Kier molecular flexibility index (Phi) is 5.22. The fourth-order valence-corrected chi connectivity index (χ4v) is 2.51. The van der Waals surface area contributed by atoms with Crippen LogP contribution in [-0.4, -0.2) is 21.0 Å². The molecular formula is C20H18FN3O2. The SMILES string of the molecule is CCc1nc(-c2ccc(F)cc2)cnc1NC(=O)Cc1ccc(O)cc1. The van der Waals surface area contributed by atoms with Crippen molar-refractivity contribution in [2.45, 2.75) is 19.8 Å². The maximum absolute atomic E-state index is 13.1. The number of halogens is 1. The lowest BCUT2D eigenvalue weighted by molar-refractivity contribution is -0.115. The van der Waals surface area contributed by atoms with Crippen LogP contribution in [0.25, 0.3) is 11.3 Å². The van der Waals surface area contributed by atoms with Gasteiger partial charge >= 0.3 is 0 Å². The molecule has 2 aromatic carbocycles. The molecule has 2 N–H and O–H groups in total. The number of benzene rings is 2. The molecule has 0 aliphatic carbocycles. The van der Waals surface area contributed by atoms with E-state index < -0.39 is 0 Å². The number of hydrogen-bond acceptors (Lipinski definition) is 4. The first-order valence-corrected chi connectivity index (χ1v) is 8.24. The number of aryl methyl sites for hydroxylation is 1. The van der Waals surface area contributed by atoms with Gasteiger partial charge in [-0.1, -0.05) is 19.1 Å². The summed E-state index contributed by atoms with van der Waals surface area (Å²) >= 11 is 0. The molecule has 0 unspecified atom stereocenters. The molecule has 1 amide bonds. The Balaban J connectivity index is 1.76. The zero-order chi connectivity index (χ0) is 18.5. The molecule has 0 fully saturated rings. The van der Waals surface area contributed by atoms with Gasteiger partial charge in [-0.25, -0.2) is 14.4 Å². The Hall–Kier alpha value is -3.28. The quantitative estimate of drug-likeness (QED) is 0.734. The van der Waals surface area contributed by atoms with Crippen molar-refractivity contribution in [1.29, 1.82) is 0 Å². The van der Waals surface area contributed by atoms with E-state index in [9.17, 15) is 14.3 Å². The number of carbonyl (C=O) groups excluding carboxylic acids is 1. The summed E-state index contributed by atoms with van der Waals surface area (Å²) in [5.74, 6) is 0.0524. The van der Waals surface area contributed by atoms with Crippen LogP contribution in [0.5, 0.6) is 5.75 Å². The van der Waals surface area contributed by atoms with Gasteiger partial charge in [-0.3, -0.25) is 4.79 Å². The number of nitrogens with zero attached hydrogens (tertiary/aromatic N) is 2. The fourth-order valence-electron chi connectivity index (χ4n) is 2.51. The van der Waals surface area contributed by atoms with Crippen molar-refractivity contribution in [3.05, 3.63) is 71.8 Å². The van der Waals surface area contributed by atoms with Crippen LogP contribution in [0, 0.1) is 5.82 Å². The predicted octanol–water partition coefficient (Wildman–Crippen LogP) is 3.73. The van der Waals surface area contributed by atoms with Crippen molar-refractivity contribution in [3.63, 3.8) is 0 Å². The molecule has 0 saturated carbocycles. The van der Waals surface area contributed by atoms with E-state index >= 15 is 0 Å². The van der Waals surface area contributed by atoms with Gasteiger partial charge in [0.25, 0.3) is 0 Å². The number of hydrogen-bond donors (Lipinski definition) is 2. The summed E-state index contributed by atoms with van der Waals surface area (Å²) in [4.78, 5) is 21.1. The Morgan fingerprint density at radius 1 is 1.12 bits per heavy atom. The van der Waals surface area contributed by atoms with Gasteiger partial charge in [0.15, 0.2) is 5.82 Å². The van der Waals surface area contributed by atoms with Crippen molar-refractivity contribution in [3.8, 4) is 17.0 Å². The molecule has 0 atom stereocenters. The summed E-state index contributed by atoms with van der Waals surface area (Å²) < 4.78 is 13.1. The van der Waals surface area contributed by atoms with Gasteiger partial charge in [0.05, 0.1) is 24.0 Å². The number of amides is 1. The van der Waals surface area contributed by atoms with E-state index in [1.807, 2.05) is 6.92 Å². The molecule has 0 spiro atoms. The van der Waals surface area contributed by atoms with Gasteiger partial charge in [-0.2, -0.15) is 0 Å². The summed E-state index contributed by atoms with van der Waals surface area (Å²) in [6.45, 7) is 1.92. The monoisotopic (exact) mass is 351 g/mol. The lowest BCUT2D eigenvalue weighted by Gasteiger charge is -2.10. The molecule has 132 valence electrons. The highest BCUT2D eigenvalue weighted by atomic mass is 19.1. The van der Waals surface area contributed by atoms with Crippen LogP contribution in [0.1, 0.15) is 18.2 Å². The summed E-state index contributed by atoms with van der Waals surface area (Å²) in [7, 11) is 0. The first kappa shape index (κ1) is 17.5. The molecule has 3 aromatic rings. The zero-order valence-corrected chi connectivity index (χ0v) is 14.2. The summed E-state index contributed by atoms with van der Waals surface area (Å²) in [6, 6.07) is 12.5. The third-order valence-electron chi connectivity index (χ3n) is 3.88. The standard InChI is InChI=1S/C20H18FN3O2/c1-2-17-20(24-19(26)11-13-3-9-16(25)10-4-13)22-12-18(23-17)14-5-7-15(21)8-6-14/h3-10,12,25H,2,11H2,1H3,(H,22,24,26). The van der Waals surface area contributed by atoms with Crippen LogP contribution in [0.3, 0.4) is 0 Å². The van der Waals surface area contributed by atoms with Crippen molar-refractivity contribution >= 4 is 11.7 Å². The number of anilines is 1. The van der Waals surface area contributed by atoms with Gasteiger partial charge in [0, 0.05) is 5.56 Å². The van der Waals surface area contributed by atoms with Gasteiger partial charge in [0.2, 0.25) is 5.91 Å². The highest BCUT2D eigenvalue weighted by Crippen LogP contribution is 2.20. The molecule has 26 heavy (non-hydrogen) atoms. The average molecular weight is 351 g/mol. The number of nitrogens with one attached hydrogen (secondary N) is 1. The second-order valence-corrected chi connectivity index (χ2v) is 5.80. The number of aromatic nitrogens is 2. The van der Waals surface area contributed by atoms with Crippen LogP contribution in [0.2, 0.25) is 0 Å². The Morgan fingerprint density at radius 3 is 2.46 bits per heavy atom. The smallest absolute Gasteiger partial charge is 0.229 e. The minimum atomic E-state index is -0.310. The van der Waals surface area contributed by atoms with Crippen LogP contribution in [0.15, 0.2) is 54.7 Å². The topological polar surface area (TPSA) is 75.1 Å². The van der Waals surface area contributed by atoms with Crippen LogP contribution < -0.4 is 5.32 Å². The van der Waals surface area contributed by atoms with Gasteiger partial charge in [-0.05, 0) is 48.4 Å². The molecule has 1 aromatic heterocycles. The largest absolute Gasteiger partial charge is 0.508 e. The maximum Gasteiger partial charge on any atom is 0.229 e. The Morgan fingerprint density at radius 2 is 1.81 bits per heavy atom.